The largest absolute Gasteiger partial charge is 0.438 e. The third kappa shape index (κ3) is 5.35. The molecule has 2 fully saturated rings. The number of hydrogen-bond donors (Lipinski definition) is 2. The Morgan fingerprint density at radius 3 is 2.36 bits per heavy atom. The number of likely N-dealkylation sites (tertiary alicyclic amines) is 1. The van der Waals surface area contributed by atoms with E-state index >= 15 is 0 Å². The summed E-state index contributed by atoms with van der Waals surface area (Å²) < 4.78 is 5.14. The van der Waals surface area contributed by atoms with Crippen LogP contribution < -0.4 is 11.1 Å². The molecule has 1 aromatic heterocycles. The summed E-state index contributed by atoms with van der Waals surface area (Å²) in [5, 5.41) is 17.6. The van der Waals surface area contributed by atoms with Crippen molar-refractivity contribution in [3.63, 3.8) is 0 Å². The number of piperidine rings is 1. The molecule has 3 aliphatic rings. The van der Waals surface area contributed by atoms with Crippen molar-refractivity contribution >= 4 is 11.6 Å². The Morgan fingerprint density at radius 1 is 1.09 bits per heavy atom. The first-order valence-electron chi connectivity index (χ1n) is 15.5. The van der Waals surface area contributed by atoms with Crippen molar-refractivity contribution in [1.82, 2.24) is 30.2 Å². The first-order chi connectivity index (χ1) is 21.5. The van der Waals surface area contributed by atoms with Crippen LogP contribution >= 0.6 is 0 Å². The first kappa shape index (κ1) is 30.4. The van der Waals surface area contributed by atoms with Gasteiger partial charge in [-0.25, -0.2) is 4.79 Å². The van der Waals surface area contributed by atoms with Crippen LogP contribution in [0.1, 0.15) is 63.3 Å². The highest BCUT2D eigenvalue weighted by Gasteiger charge is 2.52. The van der Waals surface area contributed by atoms with Gasteiger partial charge in [-0.2, -0.15) is 5.26 Å². The summed E-state index contributed by atoms with van der Waals surface area (Å²) in [6, 6.07) is 15.0. The van der Waals surface area contributed by atoms with Gasteiger partial charge in [-0.3, -0.25) is 14.3 Å². The standard InChI is InChI=1S/C35H41N7O3/c1-21(42-28(19-36)17-27-18-31(27)42)20-37-14-13-35(33-38-34(44)45-39-33)29-11-9-23(22(2)40(3)4)15-24(29)7-8-25-16-26(10-12-30(25)35)32(43)41(5)6/h9-12,15-16,27-28,31,37H,1-2,7-8,13-14,17-18,20H2,3-6H3,(H,38,39,44)/t27-,28?,31+,35?/m1/s1. The molecule has 3 aromatic rings. The number of nitrogens with one attached hydrogen (secondary N) is 2. The molecule has 2 N–H and O–H groups in total. The number of nitrogens with zero attached hydrogens (tertiary/aromatic N) is 5. The third-order valence-corrected chi connectivity index (χ3v) is 9.79. The van der Waals surface area contributed by atoms with Crippen LogP contribution in [0.5, 0.6) is 0 Å². The van der Waals surface area contributed by atoms with Crippen LogP contribution in [-0.2, 0) is 18.3 Å². The molecular weight excluding hydrogens is 566 g/mol. The summed E-state index contributed by atoms with van der Waals surface area (Å²) in [5.74, 6) is 0.342. The molecule has 10 nitrogen and oxygen atoms in total. The Labute approximate surface area is 264 Å². The predicted molar refractivity (Wildman–Crippen MR) is 172 cm³/mol. The molecular formula is C35H41N7O3. The highest BCUT2D eigenvalue weighted by molar-refractivity contribution is 5.94. The average molecular weight is 608 g/mol. The minimum Gasteiger partial charge on any atom is -0.378 e. The summed E-state index contributed by atoms with van der Waals surface area (Å²) in [4.78, 5) is 34.1. The number of hydrogen-bond acceptors (Lipinski definition) is 8. The van der Waals surface area contributed by atoms with Gasteiger partial charge in [-0.1, -0.05) is 36.5 Å². The van der Waals surface area contributed by atoms with Gasteiger partial charge in [0.1, 0.15) is 6.04 Å². The van der Waals surface area contributed by atoms with Crippen LogP contribution in [0.25, 0.3) is 5.70 Å². The lowest BCUT2D eigenvalue weighted by atomic mass is 9.69. The molecule has 2 unspecified atom stereocenters. The lowest BCUT2D eigenvalue weighted by molar-refractivity contribution is 0.0827. The molecule has 0 spiro atoms. The third-order valence-electron chi connectivity index (χ3n) is 9.79. The molecule has 4 atom stereocenters. The molecule has 2 aliphatic carbocycles. The zero-order valence-electron chi connectivity index (χ0n) is 26.5. The van der Waals surface area contributed by atoms with E-state index in [2.05, 4.69) is 57.8 Å². The molecule has 0 bridgehead atoms. The maximum Gasteiger partial charge on any atom is 0.438 e. The monoisotopic (exact) mass is 607 g/mol. The molecule has 1 amide bonds. The minimum absolute atomic E-state index is 0.0692. The number of nitriles is 1. The van der Waals surface area contributed by atoms with E-state index in [9.17, 15) is 14.9 Å². The Hall–Kier alpha value is -4.62. The van der Waals surface area contributed by atoms with Gasteiger partial charge in [0.2, 0.25) is 0 Å². The second-order valence-electron chi connectivity index (χ2n) is 13.0. The number of H-pyrrole nitrogens is 1. The van der Waals surface area contributed by atoms with Gasteiger partial charge in [-0.05, 0) is 90.6 Å². The predicted octanol–water partition coefficient (Wildman–Crippen LogP) is 3.51. The van der Waals surface area contributed by atoms with Crippen molar-refractivity contribution in [3.05, 3.63) is 105 Å². The van der Waals surface area contributed by atoms with Crippen LogP contribution in [0.2, 0.25) is 0 Å². The number of carbonyl (C=O) groups excluding carboxylic acids is 1. The Morgan fingerprint density at radius 2 is 1.76 bits per heavy atom. The van der Waals surface area contributed by atoms with E-state index in [0.717, 1.165) is 58.5 Å². The Bertz CT molecular complexity index is 1690. The number of benzene rings is 2. The van der Waals surface area contributed by atoms with E-state index in [0.29, 0.717) is 49.3 Å². The summed E-state index contributed by atoms with van der Waals surface area (Å²) in [6.07, 6.45) is 4.03. The van der Waals surface area contributed by atoms with Gasteiger partial charge >= 0.3 is 5.76 Å². The van der Waals surface area contributed by atoms with Crippen LogP contribution in [0.15, 0.2) is 64.6 Å². The minimum atomic E-state index is -0.871. The van der Waals surface area contributed by atoms with Gasteiger partial charge in [0, 0.05) is 57.7 Å². The summed E-state index contributed by atoms with van der Waals surface area (Å²) >= 11 is 0. The molecule has 234 valence electrons. The topological polar surface area (TPSA) is 121 Å². The van der Waals surface area contributed by atoms with Crippen molar-refractivity contribution < 1.29 is 9.32 Å². The number of amides is 1. The molecule has 1 aliphatic heterocycles. The second-order valence-corrected chi connectivity index (χ2v) is 13.0. The Balaban J connectivity index is 1.41. The number of aromatic nitrogens is 2. The normalized spacial score (nSPS) is 22.8. The van der Waals surface area contributed by atoms with Crippen molar-refractivity contribution in [2.75, 3.05) is 41.3 Å². The van der Waals surface area contributed by atoms with E-state index < -0.39 is 11.2 Å². The van der Waals surface area contributed by atoms with Crippen molar-refractivity contribution in [2.45, 2.75) is 49.6 Å². The molecule has 45 heavy (non-hydrogen) atoms. The van der Waals surface area contributed by atoms with Crippen LogP contribution in [0.4, 0.5) is 0 Å². The molecule has 0 radical (unpaired) electrons. The smallest absolute Gasteiger partial charge is 0.378 e. The van der Waals surface area contributed by atoms with Crippen molar-refractivity contribution in [2.24, 2.45) is 5.92 Å². The fourth-order valence-corrected chi connectivity index (χ4v) is 7.36. The van der Waals surface area contributed by atoms with E-state index in [1.807, 2.05) is 37.2 Å². The summed E-state index contributed by atoms with van der Waals surface area (Å²) in [5.41, 5.74) is 6.72. The first-order valence-corrected chi connectivity index (χ1v) is 15.5. The van der Waals surface area contributed by atoms with Crippen molar-refractivity contribution in [3.8, 4) is 6.07 Å². The average Bonchev–Trinajstić information content (AvgIpc) is 3.52. The molecule has 1 saturated carbocycles. The molecule has 10 heteroatoms. The zero-order chi connectivity index (χ0) is 32.0. The second kappa shape index (κ2) is 11.7. The maximum atomic E-state index is 13.0. The van der Waals surface area contributed by atoms with Gasteiger partial charge in [0.15, 0.2) is 5.82 Å². The van der Waals surface area contributed by atoms with Crippen LogP contribution in [0.3, 0.4) is 0 Å². The number of aryl methyl sites for hydroxylation is 2. The number of fused-ring (bicyclic) bond motifs is 3. The molecule has 2 heterocycles. The molecule has 2 aromatic carbocycles. The van der Waals surface area contributed by atoms with Gasteiger partial charge in [0.05, 0.1) is 11.5 Å². The lowest BCUT2D eigenvalue weighted by Crippen LogP contribution is -2.39. The van der Waals surface area contributed by atoms with Crippen LogP contribution in [0, 0.1) is 17.2 Å². The fourth-order valence-electron chi connectivity index (χ4n) is 7.36. The highest BCUT2D eigenvalue weighted by Crippen LogP contribution is 2.49. The number of rotatable bonds is 10. The van der Waals surface area contributed by atoms with Gasteiger partial charge in [-0.15, -0.1) is 0 Å². The fraction of sp³-hybridized carbons (Fsp3) is 0.429. The quantitative estimate of drug-likeness (QED) is 0.336. The maximum absolute atomic E-state index is 13.0. The summed E-state index contributed by atoms with van der Waals surface area (Å²) in [6.45, 7) is 9.72. The lowest BCUT2D eigenvalue weighted by Gasteiger charge is -2.35. The van der Waals surface area contributed by atoms with E-state index in [4.69, 9.17) is 4.52 Å². The van der Waals surface area contributed by atoms with Crippen molar-refractivity contribution in [1.29, 1.82) is 5.26 Å². The van der Waals surface area contributed by atoms with Gasteiger partial charge < -0.3 is 20.0 Å². The summed E-state index contributed by atoms with van der Waals surface area (Å²) in [7, 11) is 7.44. The van der Waals surface area contributed by atoms with Crippen LogP contribution in [-0.4, -0.2) is 84.1 Å². The zero-order valence-corrected chi connectivity index (χ0v) is 26.5. The Kier molecular flexibility index (Phi) is 7.91. The van der Waals surface area contributed by atoms with E-state index in [1.165, 1.54) is 0 Å². The number of carbonyl (C=O) groups is 1. The van der Waals surface area contributed by atoms with E-state index in [1.54, 1.807) is 19.0 Å². The SMILES string of the molecule is C=C(c1ccc2c(c1)CCc1cc(C(=O)N(C)C)ccc1C2(CCNCC(=C)N1C(C#N)C[C@@H]2C[C@@H]21)c1noc(=O)[nH]1)N(C)C. The molecule has 6 rings (SSSR count). The van der Waals surface area contributed by atoms with Gasteiger partial charge in [0.25, 0.3) is 5.91 Å². The number of aromatic amines is 1. The molecule has 1 saturated heterocycles. The highest BCUT2D eigenvalue weighted by atomic mass is 16.5. The van der Waals surface area contributed by atoms with E-state index in [-0.39, 0.29) is 11.9 Å².